The molecule has 1 N–H and O–H groups in total. The number of anilines is 2. The van der Waals surface area contributed by atoms with E-state index >= 15 is 0 Å². The van der Waals surface area contributed by atoms with Gasteiger partial charge in [-0.1, -0.05) is 11.6 Å². The number of aryl methyl sites for hydroxylation is 1. The van der Waals surface area contributed by atoms with Gasteiger partial charge in [-0.15, -0.1) is 5.10 Å². The summed E-state index contributed by atoms with van der Waals surface area (Å²) in [6, 6.07) is 1.87. The van der Waals surface area contributed by atoms with Gasteiger partial charge in [-0.3, -0.25) is 4.68 Å². The summed E-state index contributed by atoms with van der Waals surface area (Å²) in [6.45, 7) is 1.87. The third-order valence-corrected chi connectivity index (χ3v) is 7.01. The molecule has 3 aromatic heterocycles. The Bertz CT molecular complexity index is 1120. The number of nitrogens with one attached hydrogen (secondary N) is 1. The van der Waals surface area contributed by atoms with Crippen LogP contribution < -0.4 is 5.32 Å². The molecule has 1 aliphatic carbocycles. The van der Waals surface area contributed by atoms with Gasteiger partial charge in [0.15, 0.2) is 9.84 Å². The molecule has 0 bridgehead atoms. The van der Waals surface area contributed by atoms with E-state index in [2.05, 4.69) is 20.5 Å². The van der Waals surface area contributed by atoms with E-state index in [-0.39, 0.29) is 17.5 Å². The molecule has 3 aromatic rings. The van der Waals surface area contributed by atoms with E-state index in [1.54, 1.807) is 10.9 Å². The average Bonchev–Trinajstić information content (AvgIpc) is 3.28. The lowest BCUT2D eigenvalue weighted by Gasteiger charge is -2.25. The quantitative estimate of drug-likeness (QED) is 0.733. The third-order valence-electron chi connectivity index (χ3n) is 4.92. The molecule has 0 atom stereocenters. The maximum atomic E-state index is 11.4. The molecule has 0 amide bonds. The minimum Gasteiger partial charge on any atom is -0.320 e. The number of rotatable bonds is 4. The van der Waals surface area contributed by atoms with Crippen LogP contribution in [0.4, 0.5) is 11.6 Å². The van der Waals surface area contributed by atoms with Crippen molar-refractivity contribution in [3.05, 3.63) is 34.9 Å². The monoisotopic (exact) mass is 392 g/mol. The fourth-order valence-corrected chi connectivity index (χ4v) is 4.93. The van der Waals surface area contributed by atoms with Crippen molar-refractivity contribution in [1.29, 1.82) is 0 Å². The van der Waals surface area contributed by atoms with E-state index < -0.39 is 9.84 Å². The zero-order valence-electron chi connectivity index (χ0n) is 14.1. The first-order valence-electron chi connectivity index (χ1n) is 8.47. The summed E-state index contributed by atoms with van der Waals surface area (Å²) >= 11 is 6.29. The van der Waals surface area contributed by atoms with Crippen LogP contribution in [0.1, 0.15) is 36.2 Å². The molecule has 8 nitrogen and oxygen atoms in total. The number of halogens is 1. The Morgan fingerprint density at radius 3 is 2.73 bits per heavy atom. The minimum atomic E-state index is -2.89. The predicted octanol–water partition coefficient (Wildman–Crippen LogP) is 2.48. The molecular weight excluding hydrogens is 376 g/mol. The van der Waals surface area contributed by atoms with Gasteiger partial charge in [0.2, 0.25) is 5.95 Å². The van der Waals surface area contributed by atoms with Crippen molar-refractivity contribution in [2.75, 3.05) is 16.8 Å². The molecule has 1 aliphatic heterocycles. The van der Waals surface area contributed by atoms with Crippen molar-refractivity contribution >= 4 is 38.6 Å². The van der Waals surface area contributed by atoms with Crippen molar-refractivity contribution in [2.24, 2.45) is 0 Å². The fraction of sp³-hybridized carbons (Fsp3) is 0.438. The number of fused-ring (bicyclic) bond motifs is 1. The zero-order valence-corrected chi connectivity index (χ0v) is 15.6. The minimum absolute atomic E-state index is 0.0950. The summed E-state index contributed by atoms with van der Waals surface area (Å²) in [5, 5.41) is 12.9. The van der Waals surface area contributed by atoms with Crippen LogP contribution >= 0.6 is 11.6 Å². The van der Waals surface area contributed by atoms with Crippen LogP contribution in [0.15, 0.2) is 18.5 Å². The van der Waals surface area contributed by atoms with Gasteiger partial charge in [0.25, 0.3) is 0 Å². The molecule has 10 heteroatoms. The topological polar surface area (TPSA) is 94.2 Å². The number of hydrogen-bond donors (Lipinski definition) is 1. The largest absolute Gasteiger partial charge is 0.320 e. The zero-order chi connectivity index (χ0) is 18.1. The van der Waals surface area contributed by atoms with E-state index in [0.29, 0.717) is 16.9 Å². The van der Waals surface area contributed by atoms with Crippen molar-refractivity contribution in [3.8, 4) is 0 Å². The summed E-state index contributed by atoms with van der Waals surface area (Å²) in [4.78, 5) is 4.35. The van der Waals surface area contributed by atoms with Crippen LogP contribution in [-0.4, -0.2) is 44.3 Å². The molecule has 26 heavy (non-hydrogen) atoms. The van der Waals surface area contributed by atoms with E-state index in [0.717, 1.165) is 35.4 Å². The Balaban J connectivity index is 1.44. The van der Waals surface area contributed by atoms with Crippen LogP contribution in [0, 0.1) is 6.92 Å². The van der Waals surface area contributed by atoms with Gasteiger partial charge < -0.3 is 5.32 Å². The van der Waals surface area contributed by atoms with Crippen LogP contribution in [0.5, 0.6) is 0 Å². The molecule has 4 heterocycles. The Kier molecular flexibility index (Phi) is 3.36. The molecule has 0 radical (unpaired) electrons. The molecule has 136 valence electrons. The van der Waals surface area contributed by atoms with E-state index in [9.17, 15) is 8.42 Å². The number of sulfone groups is 1. The molecule has 2 aliphatic rings. The molecule has 0 aromatic carbocycles. The van der Waals surface area contributed by atoms with Gasteiger partial charge >= 0.3 is 0 Å². The second-order valence-corrected chi connectivity index (χ2v) is 9.60. The molecule has 2 fully saturated rings. The highest BCUT2D eigenvalue weighted by Gasteiger charge is 2.35. The maximum absolute atomic E-state index is 11.4. The highest BCUT2D eigenvalue weighted by Crippen LogP contribution is 2.42. The normalized spacial score (nSPS) is 19.6. The molecule has 0 unspecified atom stereocenters. The van der Waals surface area contributed by atoms with Crippen LogP contribution in [0.3, 0.4) is 0 Å². The Labute approximate surface area is 155 Å². The highest BCUT2D eigenvalue weighted by molar-refractivity contribution is 7.92. The smallest absolute Gasteiger partial charge is 0.245 e. The van der Waals surface area contributed by atoms with Gasteiger partial charge in [-0.05, 0) is 25.8 Å². The van der Waals surface area contributed by atoms with E-state index in [4.69, 9.17) is 11.6 Å². The Morgan fingerprint density at radius 2 is 2.04 bits per heavy atom. The summed E-state index contributed by atoms with van der Waals surface area (Å²) in [5.41, 5.74) is 3.44. The lowest BCUT2D eigenvalue weighted by atomic mass is 10.3. The second kappa shape index (κ2) is 5.43. The average molecular weight is 393 g/mol. The summed E-state index contributed by atoms with van der Waals surface area (Å²) < 4.78 is 26.3. The maximum Gasteiger partial charge on any atom is 0.245 e. The SMILES string of the molecule is Cc1nn(C2CS(=O)(=O)C2)cc1Nc1ncc2c(Cl)cc(C3CC3)n2n1. The summed E-state index contributed by atoms with van der Waals surface area (Å²) in [7, 11) is -2.89. The molecule has 1 saturated carbocycles. The third kappa shape index (κ3) is 2.66. The van der Waals surface area contributed by atoms with Crippen molar-refractivity contribution in [1.82, 2.24) is 24.4 Å². The van der Waals surface area contributed by atoms with Crippen molar-refractivity contribution in [2.45, 2.75) is 31.7 Å². The predicted molar refractivity (Wildman–Crippen MR) is 97.9 cm³/mol. The number of hydrogen-bond acceptors (Lipinski definition) is 6. The molecular formula is C16H17ClN6O2S. The van der Waals surface area contributed by atoms with Crippen LogP contribution in [0.25, 0.3) is 5.52 Å². The summed E-state index contributed by atoms with van der Waals surface area (Å²) in [5.74, 6) is 1.25. The molecule has 5 rings (SSSR count). The first-order valence-corrected chi connectivity index (χ1v) is 10.7. The lowest BCUT2D eigenvalue weighted by molar-refractivity contribution is 0.472. The van der Waals surface area contributed by atoms with Gasteiger partial charge in [0.1, 0.15) is 5.52 Å². The first-order chi connectivity index (χ1) is 12.4. The molecule has 0 spiro atoms. The van der Waals surface area contributed by atoms with E-state index in [1.165, 1.54) is 0 Å². The first kappa shape index (κ1) is 16.1. The van der Waals surface area contributed by atoms with Gasteiger partial charge in [-0.2, -0.15) is 5.10 Å². The van der Waals surface area contributed by atoms with Gasteiger partial charge in [0.05, 0.1) is 40.1 Å². The number of aromatic nitrogens is 5. The van der Waals surface area contributed by atoms with Crippen LogP contribution in [0.2, 0.25) is 5.02 Å². The fourth-order valence-electron chi connectivity index (χ4n) is 3.31. The van der Waals surface area contributed by atoms with Gasteiger partial charge in [-0.25, -0.2) is 17.9 Å². The summed E-state index contributed by atoms with van der Waals surface area (Å²) in [6.07, 6.45) is 5.84. The van der Waals surface area contributed by atoms with Crippen molar-refractivity contribution in [3.63, 3.8) is 0 Å². The van der Waals surface area contributed by atoms with Crippen molar-refractivity contribution < 1.29 is 8.42 Å². The van der Waals surface area contributed by atoms with E-state index in [1.807, 2.05) is 23.7 Å². The lowest BCUT2D eigenvalue weighted by Crippen LogP contribution is -2.38. The second-order valence-electron chi connectivity index (χ2n) is 7.03. The standard InChI is InChI=1S/C16H17ClN6O2S/c1-9-13(6-22(20-9)11-7-26(24,25)8-11)19-16-18-5-15-12(17)4-14(10-2-3-10)23(15)21-16/h4-6,10-11H,2-3,7-8H2,1H3,(H,19,21). The highest BCUT2D eigenvalue weighted by atomic mass is 35.5. The number of nitrogens with zero attached hydrogens (tertiary/aromatic N) is 5. The molecule has 1 saturated heterocycles. The Morgan fingerprint density at radius 1 is 1.27 bits per heavy atom. The Hall–Kier alpha value is -2.13. The van der Waals surface area contributed by atoms with Gasteiger partial charge in [0, 0.05) is 17.8 Å². The van der Waals surface area contributed by atoms with Crippen LogP contribution in [-0.2, 0) is 9.84 Å².